The maximum absolute atomic E-state index is 13.3. The molecule has 0 fully saturated rings. The summed E-state index contributed by atoms with van der Waals surface area (Å²) >= 11 is 0. The van der Waals surface area contributed by atoms with E-state index in [0.29, 0.717) is 11.6 Å². The number of hydroxylamine groups is 1. The Balaban J connectivity index is 1.54. The Labute approximate surface area is 206 Å². The molecule has 0 atom stereocenters. The van der Waals surface area contributed by atoms with Crippen LogP contribution in [0.25, 0.3) is 27.6 Å². The molecule has 1 aliphatic carbocycles. The van der Waals surface area contributed by atoms with Gasteiger partial charge >= 0.3 is 0 Å². The Bertz CT molecular complexity index is 1700. The molecule has 0 spiro atoms. The summed E-state index contributed by atoms with van der Waals surface area (Å²) in [5.74, 6) is -0.193. The molecule has 0 aliphatic heterocycles. The van der Waals surface area contributed by atoms with Crippen molar-refractivity contribution in [1.82, 2.24) is 25.0 Å². The molecular weight excluding hydrogens is 456 g/mol. The Kier molecular flexibility index (Phi) is 5.26. The lowest BCUT2D eigenvalue weighted by molar-refractivity contribution is 0.0536. The number of aryl methyl sites for hydroxylation is 2. The second-order valence-electron chi connectivity index (χ2n) is 8.90. The van der Waals surface area contributed by atoms with Gasteiger partial charge in [-0.25, -0.2) is 10.5 Å². The second kappa shape index (κ2) is 8.62. The zero-order valence-electron chi connectivity index (χ0n) is 19.9. The molecule has 3 aromatic heterocycles. The fourth-order valence-electron chi connectivity index (χ4n) is 4.84. The van der Waals surface area contributed by atoms with Gasteiger partial charge < -0.3 is 14.5 Å². The van der Waals surface area contributed by atoms with E-state index in [1.165, 1.54) is 30.6 Å². The molecule has 9 nitrogen and oxygen atoms in total. The first-order valence-corrected chi connectivity index (χ1v) is 11.7. The number of carbonyl (C=O) groups excluding carboxylic acids is 1. The fraction of sp³-hybridized carbons (Fsp3) is 0.185. The van der Waals surface area contributed by atoms with Crippen molar-refractivity contribution in [3.05, 3.63) is 88.0 Å². The summed E-state index contributed by atoms with van der Waals surface area (Å²) in [5, 5.41) is 1.32. The van der Waals surface area contributed by atoms with E-state index in [1.54, 1.807) is 4.57 Å². The molecule has 180 valence electrons. The molecule has 0 unspecified atom stereocenters. The predicted octanol–water partition coefficient (Wildman–Crippen LogP) is 3.81. The van der Waals surface area contributed by atoms with Gasteiger partial charge in [0.2, 0.25) is 11.4 Å². The largest absolute Gasteiger partial charge is 0.361 e. The lowest BCUT2D eigenvalue weighted by atomic mass is 10.1. The Morgan fingerprint density at radius 3 is 2.86 bits per heavy atom. The van der Waals surface area contributed by atoms with Crippen LogP contribution in [0.15, 0.2) is 65.8 Å². The van der Waals surface area contributed by atoms with Gasteiger partial charge in [0.15, 0.2) is 5.65 Å². The molecule has 0 bridgehead atoms. The second-order valence-corrected chi connectivity index (χ2v) is 8.90. The monoisotopic (exact) mass is 480 g/mol. The summed E-state index contributed by atoms with van der Waals surface area (Å²) in [6.45, 7) is 0. The van der Waals surface area contributed by atoms with E-state index in [-0.39, 0.29) is 10.9 Å². The first-order valence-electron chi connectivity index (χ1n) is 11.7. The van der Waals surface area contributed by atoms with Gasteiger partial charge in [-0.1, -0.05) is 6.07 Å². The van der Waals surface area contributed by atoms with Crippen LogP contribution in [-0.2, 0) is 17.7 Å². The number of hydrogen-bond acceptors (Lipinski definition) is 6. The third kappa shape index (κ3) is 3.61. The number of amides is 1. The van der Waals surface area contributed by atoms with Crippen LogP contribution in [0.3, 0.4) is 0 Å². The molecule has 9 heteroatoms. The first-order chi connectivity index (χ1) is 17.5. The summed E-state index contributed by atoms with van der Waals surface area (Å²) in [5.41, 5.74) is 7.54. The highest BCUT2D eigenvalue weighted by molar-refractivity contribution is 5.96. The third-order valence-corrected chi connectivity index (χ3v) is 6.76. The van der Waals surface area contributed by atoms with Gasteiger partial charge in [-0.3, -0.25) is 14.4 Å². The highest BCUT2D eigenvalue weighted by Crippen LogP contribution is 2.28. The van der Waals surface area contributed by atoms with Gasteiger partial charge in [-0.2, -0.15) is 4.98 Å². The number of anilines is 2. The number of hydrogen-bond donors (Lipinski definition) is 2. The average Bonchev–Trinajstić information content (AvgIpc) is 3.57. The number of rotatable bonds is 5. The number of aromatic nitrogens is 4. The van der Waals surface area contributed by atoms with Crippen molar-refractivity contribution in [3.8, 4) is 5.69 Å². The van der Waals surface area contributed by atoms with E-state index in [1.807, 2.05) is 48.5 Å². The smallest absolute Gasteiger partial charge is 0.280 e. The van der Waals surface area contributed by atoms with E-state index in [2.05, 4.69) is 27.6 Å². The third-order valence-electron chi connectivity index (χ3n) is 6.76. The molecule has 36 heavy (non-hydrogen) atoms. The normalized spacial score (nSPS) is 12.7. The quantitative estimate of drug-likeness (QED) is 0.371. The molecule has 2 N–H and O–H groups in total. The van der Waals surface area contributed by atoms with Gasteiger partial charge in [-0.05, 0) is 66.8 Å². The van der Waals surface area contributed by atoms with Crippen molar-refractivity contribution < 1.29 is 9.63 Å². The van der Waals surface area contributed by atoms with E-state index in [4.69, 9.17) is 9.82 Å². The minimum Gasteiger partial charge on any atom is -0.361 e. The van der Waals surface area contributed by atoms with Crippen LogP contribution in [-0.4, -0.2) is 39.6 Å². The van der Waals surface area contributed by atoms with Gasteiger partial charge in [0.1, 0.15) is 5.56 Å². The van der Waals surface area contributed by atoms with E-state index in [9.17, 15) is 9.59 Å². The van der Waals surface area contributed by atoms with E-state index in [0.717, 1.165) is 41.5 Å². The Morgan fingerprint density at radius 2 is 2.00 bits per heavy atom. The minimum absolute atomic E-state index is 0.0486. The summed E-state index contributed by atoms with van der Waals surface area (Å²) in [7, 11) is 3.21. The van der Waals surface area contributed by atoms with E-state index >= 15 is 0 Å². The van der Waals surface area contributed by atoms with Crippen LogP contribution in [0.1, 0.15) is 27.9 Å². The number of nitrogens with zero attached hydrogens (tertiary/aromatic N) is 4. The molecule has 6 rings (SSSR count). The van der Waals surface area contributed by atoms with Gasteiger partial charge in [0.25, 0.3) is 5.91 Å². The Hall–Kier alpha value is -4.50. The van der Waals surface area contributed by atoms with Gasteiger partial charge in [-0.15, -0.1) is 0 Å². The molecule has 0 radical (unpaired) electrons. The highest BCUT2D eigenvalue weighted by Gasteiger charge is 2.20. The van der Waals surface area contributed by atoms with Crippen LogP contribution >= 0.6 is 0 Å². The number of nitrogens with one attached hydrogen (secondary N) is 2. The SMILES string of the molecule is CONC(=O)c1cn(-c2ccc3c(c2)CCC3)c2nc(N(C)c3ccc4[nH]ccc4c3)ncc2c1=O. The molecule has 0 saturated heterocycles. The highest BCUT2D eigenvalue weighted by atomic mass is 16.6. The van der Waals surface area contributed by atoms with E-state index < -0.39 is 11.3 Å². The van der Waals surface area contributed by atoms with Crippen molar-refractivity contribution in [2.45, 2.75) is 19.3 Å². The number of H-pyrrole nitrogens is 1. The standard InChI is InChI=1S/C27H24N6O3/c1-32(19-8-9-23-18(13-19)10-11-28-23)27-29-14-21-24(34)22(26(35)31-36-2)15-33(25(21)30-27)20-7-6-16-4-3-5-17(16)12-20/h6-15,28H,3-5H2,1-2H3,(H,31,35). The van der Waals surface area contributed by atoms with Gasteiger partial charge in [0.05, 0.1) is 12.5 Å². The predicted molar refractivity (Wildman–Crippen MR) is 138 cm³/mol. The van der Waals surface area contributed by atoms with Crippen molar-refractivity contribution in [2.75, 3.05) is 19.1 Å². The molecule has 1 aliphatic rings. The van der Waals surface area contributed by atoms with Crippen molar-refractivity contribution >= 4 is 39.5 Å². The molecule has 2 aromatic carbocycles. The Morgan fingerprint density at radius 1 is 1.14 bits per heavy atom. The molecule has 1 amide bonds. The van der Waals surface area contributed by atoms with Crippen LogP contribution in [0.4, 0.5) is 11.6 Å². The summed E-state index contributed by atoms with van der Waals surface area (Å²) in [6.07, 6.45) is 8.09. The summed E-state index contributed by atoms with van der Waals surface area (Å²) in [4.78, 5) is 45.0. The maximum Gasteiger partial charge on any atom is 0.280 e. The number of fused-ring (bicyclic) bond motifs is 3. The van der Waals surface area contributed by atoms with Crippen molar-refractivity contribution in [1.29, 1.82) is 0 Å². The van der Waals surface area contributed by atoms with Crippen LogP contribution in [0, 0.1) is 0 Å². The van der Waals surface area contributed by atoms with Crippen LogP contribution in [0.5, 0.6) is 0 Å². The lowest BCUT2D eigenvalue weighted by Gasteiger charge is -2.19. The molecule has 0 saturated carbocycles. The number of pyridine rings is 1. The number of benzene rings is 2. The fourth-order valence-corrected chi connectivity index (χ4v) is 4.84. The van der Waals surface area contributed by atoms with Crippen molar-refractivity contribution in [3.63, 3.8) is 0 Å². The van der Waals surface area contributed by atoms with Crippen LogP contribution < -0.4 is 15.8 Å². The number of carbonyl (C=O) groups is 1. The molecular formula is C27H24N6O3. The average molecular weight is 481 g/mol. The summed E-state index contributed by atoms with van der Waals surface area (Å²) in [6, 6.07) is 14.3. The molecule has 5 aromatic rings. The minimum atomic E-state index is -0.625. The zero-order chi connectivity index (χ0) is 24.8. The first kappa shape index (κ1) is 22.0. The molecule has 3 heterocycles. The maximum atomic E-state index is 13.3. The van der Waals surface area contributed by atoms with Crippen LogP contribution in [0.2, 0.25) is 0 Å². The van der Waals surface area contributed by atoms with Gasteiger partial charge in [0, 0.05) is 47.9 Å². The number of aromatic amines is 1. The topological polar surface area (TPSA) is 105 Å². The zero-order valence-corrected chi connectivity index (χ0v) is 19.9. The lowest BCUT2D eigenvalue weighted by Crippen LogP contribution is -2.29. The summed E-state index contributed by atoms with van der Waals surface area (Å²) < 4.78 is 1.79. The van der Waals surface area contributed by atoms with Crippen molar-refractivity contribution in [2.24, 2.45) is 0 Å².